The van der Waals surface area contributed by atoms with Crippen molar-refractivity contribution in [2.45, 2.75) is 26.8 Å². The van der Waals surface area contributed by atoms with E-state index in [0.717, 1.165) is 5.56 Å². The predicted molar refractivity (Wildman–Crippen MR) is 158 cm³/mol. The molecule has 3 aromatic rings. The molecule has 0 amide bonds. The summed E-state index contributed by atoms with van der Waals surface area (Å²) < 4.78 is 28.9. The average molecular weight is 593 g/mol. The predicted octanol–water partition coefficient (Wildman–Crippen LogP) is 3.31. The first-order valence-electron chi connectivity index (χ1n) is 13.3. The van der Waals surface area contributed by atoms with Crippen LogP contribution in [0.2, 0.25) is 0 Å². The molecule has 1 aromatic heterocycles. The topological polar surface area (TPSA) is 115 Å². The summed E-state index contributed by atoms with van der Waals surface area (Å²) in [4.78, 5) is 43.8. The Balaban J connectivity index is 1.84. The number of hydrogen-bond donors (Lipinski definition) is 0. The molecule has 0 fully saturated rings. The number of hydrogen-bond acceptors (Lipinski definition) is 10. The van der Waals surface area contributed by atoms with Crippen molar-refractivity contribution in [1.29, 1.82) is 0 Å². The third kappa shape index (κ3) is 6.63. The smallest absolute Gasteiger partial charge is 0.343 e. The lowest BCUT2D eigenvalue weighted by Gasteiger charge is -2.25. The summed E-state index contributed by atoms with van der Waals surface area (Å²) >= 11 is 1.23. The maximum Gasteiger partial charge on any atom is 0.343 e. The molecule has 0 bridgehead atoms. The van der Waals surface area contributed by atoms with Crippen LogP contribution in [0, 0.1) is 0 Å². The molecule has 0 N–H and O–H groups in total. The van der Waals surface area contributed by atoms with Crippen LogP contribution < -0.4 is 29.1 Å². The fourth-order valence-electron chi connectivity index (χ4n) is 4.35. The van der Waals surface area contributed by atoms with E-state index in [1.54, 1.807) is 44.2 Å². The van der Waals surface area contributed by atoms with E-state index < -0.39 is 18.0 Å². The Hall–Kier alpha value is -4.64. The van der Waals surface area contributed by atoms with Crippen LogP contribution in [0.3, 0.4) is 0 Å². The summed E-state index contributed by atoms with van der Waals surface area (Å²) in [6.07, 6.45) is 3.44. The Morgan fingerprint density at radius 3 is 2.48 bits per heavy atom. The summed E-state index contributed by atoms with van der Waals surface area (Å²) in [5.74, 6) is 0.232. The molecule has 0 saturated heterocycles. The third-order valence-corrected chi connectivity index (χ3v) is 7.20. The Morgan fingerprint density at radius 2 is 1.81 bits per heavy atom. The van der Waals surface area contributed by atoms with Gasteiger partial charge in [0, 0.05) is 0 Å². The van der Waals surface area contributed by atoms with Crippen LogP contribution in [0.5, 0.6) is 17.2 Å². The molecule has 1 aliphatic heterocycles. The number of nitrogens with zero attached hydrogens (tertiary/aromatic N) is 2. The van der Waals surface area contributed by atoms with Crippen LogP contribution in [0.25, 0.3) is 6.08 Å². The SMILES string of the molecule is C=CCOc1ccc(/C=c2\sc3n(c2=O)[C@H](c2ccc(OCC(=O)OC)c(OCC)c2)C(C(=O)OCC)=C(C)N=3)cc1. The second-order valence-corrected chi connectivity index (χ2v) is 9.98. The minimum absolute atomic E-state index is 0.157. The number of methoxy groups -OCH3 is 1. The van der Waals surface area contributed by atoms with Gasteiger partial charge >= 0.3 is 11.9 Å². The molecule has 2 heterocycles. The molecule has 4 rings (SSSR count). The van der Waals surface area contributed by atoms with Crippen LogP contribution >= 0.6 is 11.3 Å². The molecule has 2 aromatic carbocycles. The first-order chi connectivity index (χ1) is 20.3. The summed E-state index contributed by atoms with van der Waals surface area (Å²) in [6, 6.07) is 11.5. The molecule has 11 heteroatoms. The lowest BCUT2D eigenvalue weighted by atomic mass is 9.95. The van der Waals surface area contributed by atoms with Gasteiger partial charge in [0.05, 0.1) is 42.2 Å². The Kier molecular flexibility index (Phi) is 9.98. The highest BCUT2D eigenvalue weighted by Gasteiger charge is 2.34. The number of allylic oxidation sites excluding steroid dienone is 1. The summed E-state index contributed by atoms with van der Waals surface area (Å²) in [5, 5.41) is 0. The van der Waals surface area contributed by atoms with Gasteiger partial charge in [-0.25, -0.2) is 14.6 Å². The molecular weight excluding hydrogens is 560 g/mol. The first-order valence-corrected chi connectivity index (χ1v) is 14.1. The molecule has 0 radical (unpaired) electrons. The van der Waals surface area contributed by atoms with Crippen LogP contribution in [0.1, 0.15) is 37.9 Å². The second kappa shape index (κ2) is 13.8. The average Bonchev–Trinajstić information content (AvgIpc) is 3.29. The van der Waals surface area contributed by atoms with Gasteiger partial charge in [0.1, 0.15) is 12.4 Å². The van der Waals surface area contributed by atoms with Crippen LogP contribution in [-0.2, 0) is 19.1 Å². The molecule has 42 heavy (non-hydrogen) atoms. The van der Waals surface area contributed by atoms with Gasteiger partial charge in [-0.1, -0.05) is 42.2 Å². The van der Waals surface area contributed by atoms with Gasteiger partial charge in [0.15, 0.2) is 22.9 Å². The van der Waals surface area contributed by atoms with Crippen molar-refractivity contribution >= 4 is 29.4 Å². The van der Waals surface area contributed by atoms with E-state index >= 15 is 0 Å². The second-order valence-electron chi connectivity index (χ2n) is 8.97. The minimum Gasteiger partial charge on any atom is -0.490 e. The van der Waals surface area contributed by atoms with Crippen molar-refractivity contribution in [3.63, 3.8) is 0 Å². The van der Waals surface area contributed by atoms with E-state index in [-0.39, 0.29) is 24.3 Å². The van der Waals surface area contributed by atoms with Gasteiger partial charge in [-0.2, -0.15) is 0 Å². The number of aromatic nitrogens is 1. The largest absolute Gasteiger partial charge is 0.490 e. The first kappa shape index (κ1) is 30.3. The number of fused-ring (bicyclic) bond motifs is 1. The highest BCUT2D eigenvalue weighted by Crippen LogP contribution is 2.36. The highest BCUT2D eigenvalue weighted by atomic mass is 32.1. The zero-order valence-electron chi connectivity index (χ0n) is 23.9. The molecule has 0 saturated carbocycles. The fraction of sp³-hybridized carbons (Fsp3) is 0.290. The quantitative estimate of drug-likeness (QED) is 0.233. The molecular formula is C31H32N2O8S. The monoisotopic (exact) mass is 592 g/mol. The Bertz CT molecular complexity index is 1680. The number of carbonyl (C=O) groups is 2. The molecule has 0 unspecified atom stereocenters. The minimum atomic E-state index is -0.842. The maximum atomic E-state index is 13.9. The van der Waals surface area contributed by atoms with Gasteiger partial charge < -0.3 is 23.7 Å². The summed E-state index contributed by atoms with van der Waals surface area (Å²) in [6.45, 7) is 9.45. The molecule has 10 nitrogen and oxygen atoms in total. The molecule has 0 spiro atoms. The van der Waals surface area contributed by atoms with Crippen LogP contribution in [0.15, 0.2) is 76.2 Å². The van der Waals surface area contributed by atoms with E-state index in [1.165, 1.54) is 23.0 Å². The number of thiazole rings is 1. The number of rotatable bonds is 12. The van der Waals surface area contributed by atoms with Crippen molar-refractivity contribution < 1.29 is 33.3 Å². The zero-order valence-corrected chi connectivity index (χ0v) is 24.7. The van der Waals surface area contributed by atoms with Crippen LogP contribution in [0.4, 0.5) is 0 Å². The van der Waals surface area contributed by atoms with E-state index in [0.29, 0.717) is 51.1 Å². The number of carbonyl (C=O) groups excluding carboxylic acids is 2. The molecule has 1 atom stereocenters. The molecule has 0 aliphatic carbocycles. The number of benzene rings is 2. The highest BCUT2D eigenvalue weighted by molar-refractivity contribution is 7.07. The van der Waals surface area contributed by atoms with Gasteiger partial charge in [0.2, 0.25) is 0 Å². The number of esters is 2. The van der Waals surface area contributed by atoms with E-state index in [2.05, 4.69) is 16.3 Å². The van der Waals surface area contributed by atoms with E-state index in [1.807, 2.05) is 31.2 Å². The lowest BCUT2D eigenvalue weighted by molar-refractivity contribution is -0.143. The van der Waals surface area contributed by atoms with Crippen molar-refractivity contribution in [3.8, 4) is 17.2 Å². The van der Waals surface area contributed by atoms with Crippen molar-refractivity contribution in [1.82, 2.24) is 4.57 Å². The molecule has 220 valence electrons. The van der Waals surface area contributed by atoms with E-state index in [9.17, 15) is 14.4 Å². The van der Waals surface area contributed by atoms with Crippen molar-refractivity contribution in [2.24, 2.45) is 4.99 Å². The van der Waals surface area contributed by atoms with Crippen LogP contribution in [-0.4, -0.2) is 50.0 Å². The standard InChI is InChI=1S/C31H32N2O8S/c1-6-15-40-22-12-9-20(10-13-22)16-25-29(35)33-28(27(30(36)39-8-3)19(4)32-31(33)42-25)21-11-14-23(24(17-21)38-7-2)41-18-26(34)37-5/h6,9-14,16-17,28H,1,7-8,15,18H2,2-5H3/b25-16-/t28-/m1/s1. The normalized spacial score (nSPS) is 14.5. The van der Waals surface area contributed by atoms with Gasteiger partial charge in [-0.05, 0) is 62.2 Å². The van der Waals surface area contributed by atoms with Gasteiger partial charge in [-0.15, -0.1) is 0 Å². The summed E-state index contributed by atoms with van der Waals surface area (Å²) in [5.41, 5.74) is 1.76. The number of ether oxygens (including phenoxy) is 5. The van der Waals surface area contributed by atoms with Gasteiger partial charge in [-0.3, -0.25) is 9.36 Å². The van der Waals surface area contributed by atoms with E-state index in [4.69, 9.17) is 18.9 Å². The Labute approximate surface area is 246 Å². The maximum absolute atomic E-state index is 13.9. The summed E-state index contributed by atoms with van der Waals surface area (Å²) in [7, 11) is 1.27. The van der Waals surface area contributed by atoms with Crippen molar-refractivity contribution in [3.05, 3.63) is 97.2 Å². The zero-order chi connectivity index (χ0) is 30.2. The Morgan fingerprint density at radius 1 is 1.05 bits per heavy atom. The lowest BCUT2D eigenvalue weighted by Crippen LogP contribution is -2.40. The van der Waals surface area contributed by atoms with Gasteiger partial charge in [0.25, 0.3) is 5.56 Å². The van der Waals surface area contributed by atoms with Crippen molar-refractivity contribution in [2.75, 3.05) is 33.5 Å². The fourth-order valence-corrected chi connectivity index (χ4v) is 5.40. The third-order valence-electron chi connectivity index (χ3n) is 6.22. The molecule has 1 aliphatic rings.